The highest BCUT2D eigenvalue weighted by Crippen LogP contribution is 1.59. The Morgan fingerprint density at radius 3 is 0.786 bits per heavy atom. The Hall–Kier alpha value is 0.699. The average Bonchev–Trinajstić information content (AvgIpc) is 2.21. The molecule has 0 aromatic heterocycles. The standard InChI is InChI=1S/B12H14O2/c13-11-9-7-5-3-1-2-4-6-8-10-12-14/h1-14H. The van der Waals surface area contributed by atoms with E-state index >= 15 is 0 Å². The summed E-state index contributed by atoms with van der Waals surface area (Å²) < 4.78 is 0. The molecule has 0 rings (SSSR count). The minimum atomic E-state index is 0.348. The van der Waals surface area contributed by atoms with Crippen molar-refractivity contribution in [2.24, 2.45) is 0 Å². The third kappa shape index (κ3) is 12.7. The lowest BCUT2D eigenvalue weighted by atomic mass is 8.87. The average molecular weight is 176 g/mol. The molecule has 0 aromatic carbocycles. The SMILES string of the molecule is OBBBBBBBBBBBBO. The molecular formula is H14B12O2. The van der Waals surface area contributed by atoms with Gasteiger partial charge in [0.05, 0.1) is 14.1 Å². The molecule has 0 aliphatic carbocycles. The minimum Gasteiger partial charge on any atom is -0.464 e. The Labute approximate surface area is 95.7 Å². The van der Waals surface area contributed by atoms with Crippen LogP contribution in [0.25, 0.3) is 0 Å². The maximum Gasteiger partial charge on any atom is 0.220 e. The lowest BCUT2D eigenvalue weighted by molar-refractivity contribution is 0.620. The van der Waals surface area contributed by atoms with Gasteiger partial charge in [-0.2, -0.15) is 0 Å². The molecule has 14 heteroatoms. The first-order valence-corrected chi connectivity index (χ1v) is 6.13. The van der Waals surface area contributed by atoms with E-state index in [-0.39, 0.29) is 0 Å². The van der Waals surface area contributed by atoms with E-state index in [1.165, 1.54) is 56.5 Å². The predicted molar refractivity (Wildman–Crippen MR) is 90.2 cm³/mol. The van der Waals surface area contributed by atoms with Crippen molar-refractivity contribution in [3.05, 3.63) is 0 Å². The van der Waals surface area contributed by atoms with Crippen molar-refractivity contribution in [1.29, 1.82) is 0 Å². The summed E-state index contributed by atoms with van der Waals surface area (Å²) in [5, 5.41) is 17.1. The van der Waals surface area contributed by atoms with Crippen LogP contribution in [0.5, 0.6) is 0 Å². The summed E-state index contributed by atoms with van der Waals surface area (Å²) in [6.07, 6.45) is 0. The molecule has 0 unspecified atom stereocenters. The monoisotopic (exact) mass is 178 g/mol. The van der Waals surface area contributed by atoms with Gasteiger partial charge in [-0.1, -0.05) is 0 Å². The summed E-state index contributed by atoms with van der Waals surface area (Å²) in [6, 6.07) is 0. The fourth-order valence-corrected chi connectivity index (χ4v) is 1.64. The lowest BCUT2D eigenvalue weighted by Gasteiger charge is -1.91. The normalized spacial score (nSPS) is 7.29. The first kappa shape index (κ1) is 14.7. The molecule has 0 saturated heterocycles. The molecule has 0 spiro atoms. The lowest BCUT2D eigenvalue weighted by Crippen LogP contribution is -2.34. The Morgan fingerprint density at radius 2 is 0.571 bits per heavy atom. The van der Waals surface area contributed by atoms with E-state index in [0.717, 1.165) is 14.1 Å². The van der Waals surface area contributed by atoms with Crippen LogP contribution < -0.4 is 0 Å². The molecule has 0 amide bonds. The van der Waals surface area contributed by atoms with E-state index in [9.17, 15) is 0 Å². The first-order valence-electron chi connectivity index (χ1n) is 6.13. The highest BCUT2D eigenvalue weighted by Gasteiger charge is 2.01. The van der Waals surface area contributed by atoms with Crippen LogP contribution in [0.4, 0.5) is 0 Å². The fraction of sp³-hybridized carbons (Fsp3) is 0. The minimum absolute atomic E-state index is 0.348. The molecule has 0 bridgehead atoms. The molecule has 0 heterocycles. The van der Waals surface area contributed by atoms with Crippen molar-refractivity contribution in [2.75, 3.05) is 0 Å². The van der Waals surface area contributed by atoms with Crippen molar-refractivity contribution < 1.29 is 10.0 Å². The van der Waals surface area contributed by atoms with Crippen LogP contribution in [0.15, 0.2) is 0 Å². The number of hydrogen-bond acceptors (Lipinski definition) is 2. The van der Waals surface area contributed by atoms with Gasteiger partial charge in [0.1, 0.15) is 0 Å². The Morgan fingerprint density at radius 1 is 0.357 bits per heavy atom. The van der Waals surface area contributed by atoms with Gasteiger partial charge in [-0.15, -0.1) is 0 Å². The maximum atomic E-state index is 8.57. The molecule has 0 saturated carbocycles. The predicted octanol–water partition coefficient (Wildman–Crippen LogP) is -8.90. The molecule has 0 aliphatic rings. The summed E-state index contributed by atoms with van der Waals surface area (Å²) in [5.74, 6) is 0. The highest BCUT2D eigenvalue weighted by atomic mass is 16.2. The summed E-state index contributed by atoms with van der Waals surface area (Å²) in [5.41, 5.74) is 0. The van der Waals surface area contributed by atoms with Gasteiger partial charge in [-0.25, -0.2) is 0 Å². The summed E-state index contributed by atoms with van der Waals surface area (Å²) >= 11 is 0. The van der Waals surface area contributed by atoms with Gasteiger partial charge in [0.2, 0.25) is 14.7 Å². The third-order valence-electron chi connectivity index (χ3n) is 2.57. The van der Waals surface area contributed by atoms with Crippen LogP contribution in [-0.2, 0) is 0 Å². The van der Waals surface area contributed by atoms with Crippen molar-refractivity contribution in [3.63, 3.8) is 0 Å². The van der Waals surface area contributed by atoms with E-state index in [4.69, 9.17) is 10.0 Å². The van der Waals surface area contributed by atoms with Gasteiger partial charge < -0.3 is 10.0 Å². The molecular weight excluding hydrogens is 162 g/mol. The van der Waals surface area contributed by atoms with Crippen molar-refractivity contribution in [2.45, 2.75) is 0 Å². The highest BCUT2D eigenvalue weighted by molar-refractivity contribution is 7.71. The fourth-order valence-electron chi connectivity index (χ4n) is 1.64. The van der Waals surface area contributed by atoms with Gasteiger partial charge in [-0.3, -0.25) is 0 Å². The molecule has 0 atom stereocenters. The Kier molecular flexibility index (Phi) is 14.4. The van der Waals surface area contributed by atoms with Crippen LogP contribution in [0.2, 0.25) is 0 Å². The van der Waals surface area contributed by atoms with Crippen molar-refractivity contribution in [1.82, 2.24) is 0 Å². The zero-order valence-corrected chi connectivity index (χ0v) is 9.38. The van der Waals surface area contributed by atoms with E-state index in [0.29, 0.717) is 14.7 Å². The van der Waals surface area contributed by atoms with E-state index in [1.807, 2.05) is 0 Å². The second-order valence-electron chi connectivity index (χ2n) is 3.98. The second-order valence-corrected chi connectivity index (χ2v) is 3.98. The second kappa shape index (κ2) is 13.7. The van der Waals surface area contributed by atoms with Gasteiger partial charge in [0.25, 0.3) is 0 Å². The van der Waals surface area contributed by atoms with Gasteiger partial charge >= 0.3 is 0 Å². The van der Waals surface area contributed by atoms with Gasteiger partial charge in [0.15, 0.2) is 0 Å². The molecule has 0 fully saturated rings. The number of hydrogen-bond donors (Lipinski definition) is 2. The topological polar surface area (TPSA) is 40.5 Å². The van der Waals surface area contributed by atoms with Crippen LogP contribution in [-0.4, -0.2) is 95.4 Å². The molecule has 0 radical (unpaired) electrons. The Bertz CT molecular complexity index is 82.3. The van der Waals surface area contributed by atoms with Crippen LogP contribution in [0.1, 0.15) is 0 Å². The summed E-state index contributed by atoms with van der Waals surface area (Å²) in [4.78, 5) is 0. The third-order valence-corrected chi connectivity index (χ3v) is 2.57. The van der Waals surface area contributed by atoms with Gasteiger partial charge in [-0.05, 0) is 0 Å². The van der Waals surface area contributed by atoms with E-state index in [2.05, 4.69) is 0 Å². The van der Waals surface area contributed by atoms with Crippen molar-refractivity contribution in [3.8, 4) is 0 Å². The number of rotatable bonds is 11. The quantitative estimate of drug-likeness (QED) is 0.242. The van der Waals surface area contributed by atoms with Crippen LogP contribution in [0.3, 0.4) is 0 Å². The Balaban J connectivity index is 2.78. The van der Waals surface area contributed by atoms with E-state index in [1.54, 1.807) is 0 Å². The molecule has 2 nitrogen and oxygen atoms in total. The zero-order valence-electron chi connectivity index (χ0n) is 9.38. The van der Waals surface area contributed by atoms with Crippen LogP contribution in [0, 0.1) is 0 Å². The summed E-state index contributed by atoms with van der Waals surface area (Å²) in [7, 11) is 12.9. The molecule has 0 aromatic rings. The van der Waals surface area contributed by atoms with Crippen molar-refractivity contribution >= 4 is 85.4 Å². The largest absolute Gasteiger partial charge is 0.464 e. The smallest absolute Gasteiger partial charge is 0.220 e. The molecule has 62 valence electrons. The summed E-state index contributed by atoms with van der Waals surface area (Å²) in [6.45, 7) is 0. The zero-order chi connectivity index (χ0) is 10.5. The van der Waals surface area contributed by atoms with Crippen LogP contribution >= 0.6 is 0 Å². The van der Waals surface area contributed by atoms with E-state index < -0.39 is 0 Å². The molecule has 2 N–H and O–H groups in total. The molecule has 14 heavy (non-hydrogen) atoms. The molecule has 0 aliphatic heterocycles. The first-order chi connectivity index (χ1) is 6.91. The van der Waals surface area contributed by atoms with Gasteiger partial charge in [0, 0.05) is 56.5 Å². The maximum absolute atomic E-state index is 8.57.